The smallest absolute Gasteiger partial charge is 0.251 e. The van der Waals surface area contributed by atoms with Crippen LogP contribution in [0.15, 0.2) is 48.5 Å². The van der Waals surface area contributed by atoms with E-state index in [1.807, 2.05) is 12.1 Å². The van der Waals surface area contributed by atoms with Crippen LogP contribution in [0.4, 0.5) is 0 Å². The van der Waals surface area contributed by atoms with E-state index in [1.165, 1.54) is 0 Å². The van der Waals surface area contributed by atoms with E-state index in [-0.39, 0.29) is 23.1 Å². The van der Waals surface area contributed by atoms with Crippen molar-refractivity contribution in [3.63, 3.8) is 0 Å². The number of hydrogen-bond acceptors (Lipinski definition) is 3. The highest BCUT2D eigenvalue weighted by molar-refractivity contribution is 5.97. The summed E-state index contributed by atoms with van der Waals surface area (Å²) in [7, 11) is 1.57. The first-order chi connectivity index (χ1) is 13.6. The molecule has 0 saturated heterocycles. The lowest BCUT2D eigenvalue weighted by molar-refractivity contribution is -0.122. The molecule has 0 saturated carbocycles. The maximum Gasteiger partial charge on any atom is 0.251 e. The molecule has 2 aromatic carbocycles. The lowest BCUT2D eigenvalue weighted by Gasteiger charge is -2.19. The highest BCUT2D eigenvalue weighted by Gasteiger charge is 2.18. The Morgan fingerprint density at radius 2 is 1.38 bits per heavy atom. The van der Waals surface area contributed by atoms with Crippen LogP contribution in [0.1, 0.15) is 59.5 Å². The number of carbonyl (C=O) groups is 3. The molecule has 1 unspecified atom stereocenters. The maximum absolute atomic E-state index is 12.4. The summed E-state index contributed by atoms with van der Waals surface area (Å²) in [6.07, 6.45) is 0. The van der Waals surface area contributed by atoms with Gasteiger partial charge in [0.15, 0.2) is 0 Å². The Balaban J connectivity index is 1.88. The van der Waals surface area contributed by atoms with Gasteiger partial charge in [0.1, 0.15) is 6.04 Å². The molecule has 2 aromatic rings. The zero-order chi connectivity index (χ0) is 21.6. The summed E-state index contributed by atoms with van der Waals surface area (Å²) in [4.78, 5) is 36.2. The normalized spacial score (nSPS) is 12.0. The molecular formula is C23H29N3O3. The molecule has 0 aliphatic carbocycles. The Morgan fingerprint density at radius 3 is 1.90 bits per heavy atom. The van der Waals surface area contributed by atoms with Gasteiger partial charge in [0.2, 0.25) is 5.91 Å². The summed E-state index contributed by atoms with van der Waals surface area (Å²) in [6.45, 7) is 8.29. The van der Waals surface area contributed by atoms with Crippen LogP contribution in [-0.2, 0) is 16.8 Å². The lowest BCUT2D eigenvalue weighted by atomic mass is 9.86. The van der Waals surface area contributed by atoms with E-state index < -0.39 is 6.04 Å². The molecule has 0 aromatic heterocycles. The standard InChI is InChI=1S/C23H29N3O3/c1-15(26-22(29)18-10-12-19(13-11-18)23(2,3)4)20(27)25-14-16-6-8-17(9-7-16)21(28)24-5/h6-13,15H,14H2,1-5H3,(H,24,28)(H,25,27)(H,26,29). The van der Waals surface area contributed by atoms with Gasteiger partial charge in [-0.3, -0.25) is 14.4 Å². The summed E-state index contributed by atoms with van der Waals surface area (Å²) in [6, 6.07) is 13.7. The quantitative estimate of drug-likeness (QED) is 0.703. The molecule has 0 bridgehead atoms. The van der Waals surface area contributed by atoms with Crippen molar-refractivity contribution in [2.45, 2.75) is 45.7 Å². The number of rotatable bonds is 6. The Morgan fingerprint density at radius 1 is 0.862 bits per heavy atom. The van der Waals surface area contributed by atoms with Crippen LogP contribution in [0.5, 0.6) is 0 Å². The monoisotopic (exact) mass is 395 g/mol. The van der Waals surface area contributed by atoms with Gasteiger partial charge in [0.25, 0.3) is 11.8 Å². The van der Waals surface area contributed by atoms with E-state index >= 15 is 0 Å². The summed E-state index contributed by atoms with van der Waals surface area (Å²) < 4.78 is 0. The molecule has 29 heavy (non-hydrogen) atoms. The summed E-state index contributed by atoms with van der Waals surface area (Å²) in [5.41, 5.74) is 3.09. The molecule has 6 nitrogen and oxygen atoms in total. The predicted molar refractivity (Wildman–Crippen MR) is 114 cm³/mol. The van der Waals surface area contributed by atoms with Crippen molar-refractivity contribution in [2.24, 2.45) is 0 Å². The predicted octanol–water partition coefficient (Wildman–Crippen LogP) is 2.78. The zero-order valence-corrected chi connectivity index (χ0v) is 17.6. The molecule has 154 valence electrons. The minimum absolute atomic E-state index is 0.0146. The van der Waals surface area contributed by atoms with Gasteiger partial charge in [-0.1, -0.05) is 45.0 Å². The number of amides is 3. The van der Waals surface area contributed by atoms with Crippen LogP contribution >= 0.6 is 0 Å². The van der Waals surface area contributed by atoms with Crippen LogP contribution in [0, 0.1) is 0 Å². The van der Waals surface area contributed by atoms with Gasteiger partial charge in [0.05, 0.1) is 0 Å². The molecule has 0 fully saturated rings. The fourth-order valence-corrected chi connectivity index (χ4v) is 2.73. The van der Waals surface area contributed by atoms with Crippen molar-refractivity contribution in [1.29, 1.82) is 0 Å². The summed E-state index contributed by atoms with van der Waals surface area (Å²) in [5, 5.41) is 8.07. The van der Waals surface area contributed by atoms with Crippen molar-refractivity contribution < 1.29 is 14.4 Å². The molecule has 2 rings (SSSR count). The Hall–Kier alpha value is -3.15. The van der Waals surface area contributed by atoms with Gasteiger partial charge >= 0.3 is 0 Å². The number of carbonyl (C=O) groups excluding carboxylic acids is 3. The van der Waals surface area contributed by atoms with Crippen molar-refractivity contribution in [3.8, 4) is 0 Å². The second-order valence-electron chi connectivity index (χ2n) is 8.02. The van der Waals surface area contributed by atoms with E-state index in [1.54, 1.807) is 50.4 Å². The van der Waals surface area contributed by atoms with Gasteiger partial charge in [-0.05, 0) is 47.7 Å². The highest BCUT2D eigenvalue weighted by Crippen LogP contribution is 2.22. The minimum Gasteiger partial charge on any atom is -0.355 e. The van der Waals surface area contributed by atoms with E-state index in [0.29, 0.717) is 17.7 Å². The molecule has 0 spiro atoms. The topological polar surface area (TPSA) is 87.3 Å². The fourth-order valence-electron chi connectivity index (χ4n) is 2.73. The summed E-state index contributed by atoms with van der Waals surface area (Å²) >= 11 is 0. The molecule has 0 aliphatic heterocycles. The van der Waals surface area contributed by atoms with Crippen molar-refractivity contribution in [2.75, 3.05) is 7.05 Å². The highest BCUT2D eigenvalue weighted by atomic mass is 16.2. The Kier molecular flexibility index (Phi) is 7.15. The third kappa shape index (κ3) is 6.17. The molecule has 3 amide bonds. The van der Waals surface area contributed by atoms with Crippen LogP contribution < -0.4 is 16.0 Å². The molecular weight excluding hydrogens is 366 g/mol. The molecule has 1 atom stereocenters. The maximum atomic E-state index is 12.4. The SMILES string of the molecule is CNC(=O)c1ccc(CNC(=O)C(C)NC(=O)c2ccc(C(C)(C)C)cc2)cc1. The van der Waals surface area contributed by atoms with Gasteiger partial charge < -0.3 is 16.0 Å². The molecule has 0 aliphatic rings. The zero-order valence-electron chi connectivity index (χ0n) is 17.6. The average Bonchev–Trinajstić information content (AvgIpc) is 2.71. The van der Waals surface area contributed by atoms with Crippen molar-refractivity contribution in [1.82, 2.24) is 16.0 Å². The molecule has 6 heteroatoms. The largest absolute Gasteiger partial charge is 0.355 e. The van der Waals surface area contributed by atoms with Gasteiger partial charge in [-0.15, -0.1) is 0 Å². The molecule has 0 heterocycles. The van der Waals surface area contributed by atoms with Gasteiger partial charge in [0, 0.05) is 24.7 Å². The first kappa shape index (κ1) is 22.1. The summed E-state index contributed by atoms with van der Waals surface area (Å²) in [5.74, 6) is -0.726. The van der Waals surface area contributed by atoms with Crippen molar-refractivity contribution >= 4 is 17.7 Å². The van der Waals surface area contributed by atoms with E-state index in [4.69, 9.17) is 0 Å². The first-order valence-electron chi connectivity index (χ1n) is 9.62. The minimum atomic E-state index is -0.671. The van der Waals surface area contributed by atoms with E-state index in [0.717, 1.165) is 11.1 Å². The van der Waals surface area contributed by atoms with Crippen molar-refractivity contribution in [3.05, 3.63) is 70.8 Å². The van der Waals surface area contributed by atoms with Gasteiger partial charge in [-0.25, -0.2) is 0 Å². The molecule has 3 N–H and O–H groups in total. The van der Waals surface area contributed by atoms with Gasteiger partial charge in [-0.2, -0.15) is 0 Å². The van der Waals surface area contributed by atoms with Crippen LogP contribution in [-0.4, -0.2) is 30.8 Å². The third-order valence-corrected chi connectivity index (χ3v) is 4.66. The average molecular weight is 396 g/mol. The van der Waals surface area contributed by atoms with Crippen LogP contribution in [0.3, 0.4) is 0 Å². The third-order valence-electron chi connectivity index (χ3n) is 4.66. The number of benzene rings is 2. The van der Waals surface area contributed by atoms with E-state index in [9.17, 15) is 14.4 Å². The second-order valence-corrected chi connectivity index (χ2v) is 8.02. The number of hydrogen-bond donors (Lipinski definition) is 3. The van der Waals surface area contributed by atoms with Crippen LogP contribution in [0.25, 0.3) is 0 Å². The molecule has 0 radical (unpaired) electrons. The van der Waals surface area contributed by atoms with E-state index in [2.05, 4.69) is 36.7 Å². The lowest BCUT2D eigenvalue weighted by Crippen LogP contribution is -2.44. The Labute approximate surface area is 172 Å². The second kappa shape index (κ2) is 9.37. The Bertz CT molecular complexity index is 866. The number of nitrogens with one attached hydrogen (secondary N) is 3. The fraction of sp³-hybridized carbons (Fsp3) is 0.348. The first-order valence-corrected chi connectivity index (χ1v) is 9.62. The van der Waals surface area contributed by atoms with Crippen LogP contribution in [0.2, 0.25) is 0 Å².